The third kappa shape index (κ3) is 7.06. The minimum atomic E-state index is -4.03. The Hall–Kier alpha value is -1.88. The molecule has 170 valence electrons. The Morgan fingerprint density at radius 3 is 2.58 bits per heavy atom. The largest absolute Gasteiger partial charge is 0.588 e. The lowest BCUT2D eigenvalue weighted by Gasteiger charge is -2.16. The number of thiophene rings is 1. The molecule has 1 heterocycles. The van der Waals surface area contributed by atoms with Gasteiger partial charge in [0.1, 0.15) is 11.6 Å². The predicted octanol–water partition coefficient (Wildman–Crippen LogP) is 4.85. The summed E-state index contributed by atoms with van der Waals surface area (Å²) < 4.78 is 54.2. The van der Waals surface area contributed by atoms with Crippen LogP contribution in [0, 0.1) is 17.6 Å². The van der Waals surface area contributed by atoms with Gasteiger partial charge in [0.25, 0.3) is 11.8 Å². The highest BCUT2D eigenvalue weighted by Crippen LogP contribution is 2.25. The van der Waals surface area contributed by atoms with Crippen molar-refractivity contribution in [3.05, 3.63) is 51.4 Å². The first-order valence-corrected chi connectivity index (χ1v) is 12.3. The van der Waals surface area contributed by atoms with E-state index in [4.69, 9.17) is 11.6 Å². The summed E-state index contributed by atoms with van der Waals surface area (Å²) in [5.41, 5.74) is -0.517. The summed E-state index contributed by atoms with van der Waals surface area (Å²) in [5.74, 6) is -3.23. The highest BCUT2D eigenvalue weighted by atomic mass is 35.5. The van der Waals surface area contributed by atoms with Gasteiger partial charge in [0.15, 0.2) is 10.4 Å². The van der Waals surface area contributed by atoms with Gasteiger partial charge in [-0.1, -0.05) is 60.3 Å². The van der Waals surface area contributed by atoms with Gasteiger partial charge in [0, 0.05) is 17.4 Å². The number of hydrogen-bond donors (Lipinski definition) is 2. The summed E-state index contributed by atoms with van der Waals surface area (Å²) in [6, 6.07) is 4.17. The second-order valence-electron chi connectivity index (χ2n) is 6.95. The summed E-state index contributed by atoms with van der Waals surface area (Å²) in [6.07, 6.45) is 2.65. The van der Waals surface area contributed by atoms with E-state index in [1.807, 2.05) is 13.8 Å². The van der Waals surface area contributed by atoms with E-state index < -0.39 is 44.4 Å². The van der Waals surface area contributed by atoms with Gasteiger partial charge in [-0.2, -0.15) is 4.72 Å². The summed E-state index contributed by atoms with van der Waals surface area (Å²) in [5, 5.41) is 1.96. The SMILES string of the molecule is CCCC(CC)CC(=O)N[S+](=O)([O-])c1ccc(CNC(=O)c2cc(F)c(Cl)cc2F)s1. The smallest absolute Gasteiger partial charge is 0.261 e. The Labute approximate surface area is 189 Å². The zero-order valence-corrected chi connectivity index (χ0v) is 19.4. The number of nitrogens with one attached hydrogen (secondary N) is 2. The molecule has 2 amide bonds. The van der Waals surface area contributed by atoms with E-state index in [1.54, 1.807) is 0 Å². The molecule has 2 unspecified atom stereocenters. The topological polar surface area (TPSA) is 98.3 Å². The third-order valence-electron chi connectivity index (χ3n) is 4.58. The van der Waals surface area contributed by atoms with Gasteiger partial charge >= 0.3 is 0 Å². The van der Waals surface area contributed by atoms with Gasteiger partial charge in [-0.15, -0.1) is 0 Å². The molecule has 11 heteroatoms. The fraction of sp³-hybridized carbons (Fsp3) is 0.400. The normalized spacial score (nSPS) is 14.0. The van der Waals surface area contributed by atoms with Crippen molar-refractivity contribution in [2.45, 2.75) is 50.3 Å². The van der Waals surface area contributed by atoms with Gasteiger partial charge in [-0.3, -0.25) is 9.59 Å². The zero-order valence-electron chi connectivity index (χ0n) is 17.0. The van der Waals surface area contributed by atoms with Crippen LogP contribution in [0.5, 0.6) is 0 Å². The van der Waals surface area contributed by atoms with Crippen LogP contribution in [-0.2, 0) is 25.9 Å². The number of amides is 2. The maximum atomic E-state index is 13.8. The first-order valence-electron chi connectivity index (χ1n) is 9.64. The van der Waals surface area contributed by atoms with Crippen molar-refractivity contribution < 1.29 is 27.1 Å². The monoisotopic (exact) mass is 492 g/mol. The molecule has 0 fully saturated rings. The van der Waals surface area contributed by atoms with E-state index in [1.165, 1.54) is 12.1 Å². The first-order chi connectivity index (χ1) is 14.6. The molecule has 2 rings (SSSR count). The van der Waals surface area contributed by atoms with Gasteiger partial charge in [0.2, 0.25) is 4.21 Å². The quantitative estimate of drug-likeness (QED) is 0.366. The lowest BCUT2D eigenvalue weighted by Crippen LogP contribution is -2.36. The molecule has 2 atom stereocenters. The van der Waals surface area contributed by atoms with E-state index in [2.05, 4.69) is 10.0 Å². The number of benzene rings is 1. The Morgan fingerprint density at radius 1 is 1.23 bits per heavy atom. The highest BCUT2D eigenvalue weighted by molar-refractivity contribution is 7.98. The van der Waals surface area contributed by atoms with Crippen molar-refractivity contribution in [1.82, 2.24) is 10.0 Å². The number of sulfonamides is 1. The number of hydrogen-bond acceptors (Lipinski definition) is 5. The summed E-state index contributed by atoms with van der Waals surface area (Å²) in [4.78, 5) is 24.7. The lowest BCUT2D eigenvalue weighted by atomic mass is 9.97. The van der Waals surface area contributed by atoms with Crippen LogP contribution >= 0.6 is 22.9 Å². The van der Waals surface area contributed by atoms with E-state index in [0.29, 0.717) is 17.0 Å². The molecule has 0 aliphatic heterocycles. The van der Waals surface area contributed by atoms with Crippen molar-refractivity contribution in [2.75, 3.05) is 0 Å². The fourth-order valence-electron chi connectivity index (χ4n) is 2.92. The molecule has 0 radical (unpaired) electrons. The van der Waals surface area contributed by atoms with Crippen molar-refractivity contribution >= 4 is 45.2 Å². The lowest BCUT2D eigenvalue weighted by molar-refractivity contribution is -0.120. The Morgan fingerprint density at radius 2 is 1.94 bits per heavy atom. The van der Waals surface area contributed by atoms with E-state index in [-0.39, 0.29) is 23.1 Å². The minimum absolute atomic E-state index is 0.0858. The van der Waals surface area contributed by atoms with Gasteiger partial charge in [-0.25, -0.2) is 8.78 Å². The highest BCUT2D eigenvalue weighted by Gasteiger charge is 2.27. The number of halogens is 3. The Kier molecular flexibility index (Phi) is 9.11. The summed E-state index contributed by atoms with van der Waals surface area (Å²) >= 11 is 6.32. The van der Waals surface area contributed by atoms with Crippen molar-refractivity contribution in [3.63, 3.8) is 0 Å². The molecular formula is C20H23ClF2N2O4S2. The molecule has 1 aromatic carbocycles. The summed E-state index contributed by atoms with van der Waals surface area (Å²) in [6.45, 7) is 3.85. The molecule has 0 saturated carbocycles. The Bertz CT molecular complexity index is 1000. The predicted molar refractivity (Wildman–Crippen MR) is 115 cm³/mol. The second kappa shape index (κ2) is 11.1. The fourth-order valence-corrected chi connectivity index (χ4v) is 5.36. The summed E-state index contributed by atoms with van der Waals surface area (Å²) in [7, 11) is -4.03. The molecule has 0 bridgehead atoms. The standard InChI is InChI=1S/C20H23ClF2N2O4S2/c1-3-5-12(4-2)8-18(26)25-31(28,29)19-7-6-13(30-19)11-24-20(27)14-9-17(23)15(21)10-16(14)22/h6-7,9-10,12H,3-5,8,11H2,1-2H3,(H2-,24,25,26,27,28,29). The second-order valence-corrected chi connectivity index (χ2v) is 10.4. The molecule has 31 heavy (non-hydrogen) atoms. The number of rotatable bonds is 10. The average Bonchev–Trinajstić information content (AvgIpc) is 3.18. The van der Waals surface area contributed by atoms with Gasteiger partial charge < -0.3 is 9.87 Å². The molecule has 0 saturated heterocycles. The van der Waals surface area contributed by atoms with Crippen LogP contribution in [0.2, 0.25) is 5.02 Å². The van der Waals surface area contributed by atoms with Gasteiger partial charge in [-0.05, 0) is 24.1 Å². The van der Waals surface area contributed by atoms with Crippen LogP contribution in [-0.4, -0.2) is 16.4 Å². The molecule has 0 spiro atoms. The van der Waals surface area contributed by atoms with Crippen molar-refractivity contribution in [1.29, 1.82) is 0 Å². The van der Waals surface area contributed by atoms with Crippen LogP contribution in [0.15, 0.2) is 28.5 Å². The molecule has 0 aliphatic carbocycles. The van der Waals surface area contributed by atoms with Crippen LogP contribution < -0.4 is 10.0 Å². The zero-order chi connectivity index (χ0) is 23.2. The van der Waals surface area contributed by atoms with E-state index in [9.17, 15) is 27.1 Å². The molecule has 1 aromatic heterocycles. The van der Waals surface area contributed by atoms with Crippen molar-refractivity contribution in [3.8, 4) is 0 Å². The van der Waals surface area contributed by atoms with Crippen LogP contribution in [0.1, 0.15) is 54.8 Å². The maximum Gasteiger partial charge on any atom is 0.261 e. The van der Waals surface area contributed by atoms with Crippen molar-refractivity contribution in [2.24, 2.45) is 5.92 Å². The number of carbonyl (C=O) groups is 2. The van der Waals surface area contributed by atoms with Crippen LogP contribution in [0.25, 0.3) is 0 Å². The van der Waals surface area contributed by atoms with Gasteiger partial charge in [0.05, 0.1) is 17.1 Å². The van der Waals surface area contributed by atoms with E-state index >= 15 is 0 Å². The van der Waals surface area contributed by atoms with E-state index in [0.717, 1.165) is 30.6 Å². The third-order valence-corrected chi connectivity index (χ3v) is 7.82. The molecular weight excluding hydrogens is 470 g/mol. The molecule has 0 aliphatic rings. The number of carbonyl (C=O) groups excluding carboxylic acids is 2. The molecule has 6 nitrogen and oxygen atoms in total. The maximum absolute atomic E-state index is 13.8. The minimum Gasteiger partial charge on any atom is -0.588 e. The molecule has 2 aromatic rings. The molecule has 2 N–H and O–H groups in total. The average molecular weight is 493 g/mol. The first kappa shape index (κ1) is 25.4. The Balaban J connectivity index is 1.99. The van der Waals surface area contributed by atoms with Crippen LogP contribution in [0.3, 0.4) is 0 Å². The van der Waals surface area contributed by atoms with Crippen LogP contribution in [0.4, 0.5) is 8.78 Å².